The number of aryl methyl sites for hydroxylation is 3. The molecule has 0 aromatic heterocycles. The summed E-state index contributed by atoms with van der Waals surface area (Å²) in [5, 5.41) is 0. The number of hydrogen-bond acceptors (Lipinski definition) is 3. The van der Waals surface area contributed by atoms with Crippen LogP contribution in [0.1, 0.15) is 66.7 Å². The van der Waals surface area contributed by atoms with Crippen molar-refractivity contribution in [1.82, 2.24) is 4.90 Å². The van der Waals surface area contributed by atoms with Gasteiger partial charge >= 0.3 is 0 Å². The quantitative estimate of drug-likeness (QED) is 0.744. The zero-order chi connectivity index (χ0) is 20.0. The normalized spacial score (nSPS) is 26.2. The molecule has 4 heteroatoms. The highest BCUT2D eigenvalue weighted by Crippen LogP contribution is 2.40. The molecule has 2 saturated carbocycles. The van der Waals surface area contributed by atoms with Crippen LogP contribution in [-0.2, 0) is 14.4 Å². The molecule has 1 aromatic rings. The second-order valence-electron chi connectivity index (χ2n) is 9.29. The SMILES string of the molecule is Cc1cc(C)c(C2C(=O)CC(CC3CCN(C(=O)C4CC4)CC3)C2=O)c(C)c1. The van der Waals surface area contributed by atoms with E-state index in [1.165, 1.54) is 5.56 Å². The van der Waals surface area contributed by atoms with Crippen LogP contribution in [0.2, 0.25) is 0 Å². The van der Waals surface area contributed by atoms with E-state index in [1.54, 1.807) is 0 Å². The number of piperidine rings is 1. The van der Waals surface area contributed by atoms with Crippen LogP contribution < -0.4 is 0 Å². The van der Waals surface area contributed by atoms with Crippen molar-refractivity contribution in [2.75, 3.05) is 13.1 Å². The molecule has 150 valence electrons. The van der Waals surface area contributed by atoms with Gasteiger partial charge in [0.05, 0.1) is 0 Å². The van der Waals surface area contributed by atoms with Gasteiger partial charge in [-0.25, -0.2) is 0 Å². The maximum absolute atomic E-state index is 13.2. The van der Waals surface area contributed by atoms with Crippen LogP contribution in [0.15, 0.2) is 12.1 Å². The third-order valence-electron chi connectivity index (χ3n) is 6.95. The van der Waals surface area contributed by atoms with Crippen molar-refractivity contribution in [2.24, 2.45) is 17.8 Å². The minimum Gasteiger partial charge on any atom is -0.342 e. The van der Waals surface area contributed by atoms with Gasteiger partial charge in [0, 0.05) is 31.3 Å². The molecule has 2 atom stereocenters. The number of ketones is 2. The molecule has 1 aliphatic heterocycles. The third kappa shape index (κ3) is 3.66. The van der Waals surface area contributed by atoms with E-state index in [4.69, 9.17) is 0 Å². The zero-order valence-electron chi connectivity index (χ0n) is 17.3. The minimum absolute atomic E-state index is 0.0893. The molecule has 1 saturated heterocycles. The molecule has 4 rings (SSSR count). The van der Waals surface area contributed by atoms with E-state index in [9.17, 15) is 14.4 Å². The highest BCUT2D eigenvalue weighted by atomic mass is 16.2. The van der Waals surface area contributed by atoms with Gasteiger partial charge in [0.15, 0.2) is 5.78 Å². The lowest BCUT2D eigenvalue weighted by Crippen LogP contribution is -2.39. The molecule has 28 heavy (non-hydrogen) atoms. The van der Waals surface area contributed by atoms with Crippen LogP contribution >= 0.6 is 0 Å². The van der Waals surface area contributed by atoms with Crippen LogP contribution in [0.5, 0.6) is 0 Å². The Hall–Kier alpha value is -1.97. The molecule has 0 bridgehead atoms. The first-order chi connectivity index (χ1) is 13.3. The van der Waals surface area contributed by atoms with Gasteiger partial charge in [-0.3, -0.25) is 14.4 Å². The number of amides is 1. The van der Waals surface area contributed by atoms with Crippen LogP contribution in [0, 0.1) is 38.5 Å². The molecule has 0 N–H and O–H groups in total. The molecular weight excluding hydrogens is 350 g/mol. The van der Waals surface area contributed by atoms with Crippen molar-refractivity contribution in [3.63, 3.8) is 0 Å². The molecule has 1 amide bonds. The van der Waals surface area contributed by atoms with Crippen molar-refractivity contribution >= 4 is 17.5 Å². The first-order valence-corrected chi connectivity index (χ1v) is 10.8. The van der Waals surface area contributed by atoms with E-state index in [0.29, 0.717) is 18.2 Å². The Bertz CT molecular complexity index is 792. The van der Waals surface area contributed by atoms with E-state index in [-0.39, 0.29) is 23.4 Å². The van der Waals surface area contributed by atoms with Crippen LogP contribution in [0.25, 0.3) is 0 Å². The summed E-state index contributed by atoms with van der Waals surface area (Å²) in [6.45, 7) is 7.69. The molecule has 1 aromatic carbocycles. The van der Waals surface area contributed by atoms with Gasteiger partial charge in [0.2, 0.25) is 5.91 Å². The summed E-state index contributed by atoms with van der Waals surface area (Å²) in [5.74, 6) is 0.561. The zero-order valence-corrected chi connectivity index (χ0v) is 17.3. The van der Waals surface area contributed by atoms with Crippen LogP contribution in [0.3, 0.4) is 0 Å². The second kappa shape index (κ2) is 7.46. The Kier molecular flexibility index (Phi) is 5.15. The van der Waals surface area contributed by atoms with Crippen LogP contribution in [0.4, 0.5) is 0 Å². The summed E-state index contributed by atoms with van der Waals surface area (Å²) < 4.78 is 0. The fraction of sp³-hybridized carbons (Fsp3) is 0.625. The van der Waals surface area contributed by atoms with Crippen molar-refractivity contribution < 1.29 is 14.4 Å². The first-order valence-electron chi connectivity index (χ1n) is 10.8. The predicted octanol–water partition coefficient (Wildman–Crippen LogP) is 3.89. The summed E-state index contributed by atoms with van der Waals surface area (Å²) in [4.78, 5) is 40.2. The number of benzene rings is 1. The van der Waals surface area contributed by atoms with Gasteiger partial charge in [-0.15, -0.1) is 0 Å². The van der Waals surface area contributed by atoms with Gasteiger partial charge in [-0.2, -0.15) is 0 Å². The smallest absolute Gasteiger partial charge is 0.225 e. The Morgan fingerprint density at radius 2 is 1.61 bits per heavy atom. The van der Waals surface area contributed by atoms with Crippen molar-refractivity contribution in [1.29, 1.82) is 0 Å². The molecule has 0 spiro atoms. The summed E-state index contributed by atoms with van der Waals surface area (Å²) in [5.41, 5.74) is 4.21. The van der Waals surface area contributed by atoms with E-state index < -0.39 is 5.92 Å². The lowest BCUT2D eigenvalue weighted by molar-refractivity contribution is -0.134. The highest BCUT2D eigenvalue weighted by Gasteiger charge is 2.44. The number of carbonyl (C=O) groups is 3. The van der Waals surface area contributed by atoms with Gasteiger partial charge < -0.3 is 4.90 Å². The number of carbonyl (C=O) groups excluding carboxylic acids is 3. The Labute approximate surface area is 167 Å². The Morgan fingerprint density at radius 1 is 1.00 bits per heavy atom. The molecule has 3 fully saturated rings. The van der Waals surface area contributed by atoms with Gasteiger partial charge in [-0.1, -0.05) is 17.7 Å². The number of likely N-dealkylation sites (tertiary alicyclic amines) is 1. The summed E-state index contributed by atoms with van der Waals surface area (Å²) in [7, 11) is 0. The molecule has 2 aliphatic carbocycles. The van der Waals surface area contributed by atoms with Crippen LogP contribution in [-0.4, -0.2) is 35.5 Å². The molecule has 3 aliphatic rings. The monoisotopic (exact) mass is 381 g/mol. The maximum Gasteiger partial charge on any atom is 0.225 e. The first kappa shape index (κ1) is 19.4. The standard InChI is InChI=1S/C24H31NO3/c1-14-10-15(2)21(16(3)11-14)22-20(26)13-19(23(22)27)12-17-6-8-25(9-7-17)24(28)18-4-5-18/h10-11,17-19,22H,4-9,12-13H2,1-3H3. The fourth-order valence-corrected chi connectivity index (χ4v) is 5.38. The summed E-state index contributed by atoms with van der Waals surface area (Å²) >= 11 is 0. The average molecular weight is 382 g/mol. The number of hydrogen-bond donors (Lipinski definition) is 0. The fourth-order valence-electron chi connectivity index (χ4n) is 5.38. The van der Waals surface area contributed by atoms with Gasteiger partial charge in [0.25, 0.3) is 0 Å². The van der Waals surface area contributed by atoms with E-state index in [0.717, 1.165) is 61.9 Å². The molecule has 0 radical (unpaired) electrons. The van der Waals surface area contributed by atoms with Crippen molar-refractivity contribution in [3.05, 3.63) is 34.4 Å². The summed E-state index contributed by atoms with van der Waals surface area (Å²) in [6, 6.07) is 4.14. The molecule has 4 nitrogen and oxygen atoms in total. The third-order valence-corrected chi connectivity index (χ3v) is 6.95. The van der Waals surface area contributed by atoms with E-state index in [2.05, 4.69) is 12.1 Å². The minimum atomic E-state index is -0.567. The second-order valence-corrected chi connectivity index (χ2v) is 9.29. The van der Waals surface area contributed by atoms with Gasteiger partial charge in [-0.05, 0) is 75.5 Å². The van der Waals surface area contributed by atoms with E-state index >= 15 is 0 Å². The molecule has 2 unspecified atom stereocenters. The number of Topliss-reactive ketones (excluding diaryl/α,β-unsaturated/α-hetero) is 2. The molecule has 1 heterocycles. The van der Waals surface area contributed by atoms with E-state index in [1.807, 2.05) is 25.7 Å². The van der Waals surface area contributed by atoms with Crippen molar-refractivity contribution in [2.45, 2.75) is 65.2 Å². The topological polar surface area (TPSA) is 54.5 Å². The van der Waals surface area contributed by atoms with Crippen molar-refractivity contribution in [3.8, 4) is 0 Å². The Balaban J connectivity index is 1.40. The lowest BCUT2D eigenvalue weighted by atomic mass is 9.83. The number of rotatable bonds is 4. The lowest BCUT2D eigenvalue weighted by Gasteiger charge is -2.33. The highest BCUT2D eigenvalue weighted by molar-refractivity contribution is 6.15. The predicted molar refractivity (Wildman–Crippen MR) is 108 cm³/mol. The average Bonchev–Trinajstić information content (AvgIpc) is 3.44. The largest absolute Gasteiger partial charge is 0.342 e. The van der Waals surface area contributed by atoms with Gasteiger partial charge in [0.1, 0.15) is 11.7 Å². The maximum atomic E-state index is 13.2. The summed E-state index contributed by atoms with van der Waals surface area (Å²) in [6.07, 6.45) is 5.22. The number of nitrogens with zero attached hydrogens (tertiary/aromatic N) is 1. The Morgan fingerprint density at radius 3 is 2.18 bits per heavy atom. The molecular formula is C24H31NO3.